The zero-order valence-electron chi connectivity index (χ0n) is 11.4. The van der Waals surface area contributed by atoms with Crippen LogP contribution in [0.15, 0.2) is 22.7 Å². The fourth-order valence-electron chi connectivity index (χ4n) is 2.63. The molecule has 0 saturated carbocycles. The minimum absolute atomic E-state index is 0.447. The van der Waals surface area contributed by atoms with Gasteiger partial charge in [-0.05, 0) is 61.0 Å². The summed E-state index contributed by atoms with van der Waals surface area (Å²) in [5.41, 5.74) is 7.94. The van der Waals surface area contributed by atoms with Gasteiger partial charge in [-0.25, -0.2) is 0 Å². The van der Waals surface area contributed by atoms with Crippen LogP contribution in [0.25, 0.3) is 0 Å². The second kappa shape index (κ2) is 6.20. The van der Waals surface area contributed by atoms with Crippen LogP contribution in [0.4, 0.5) is 5.69 Å². The van der Waals surface area contributed by atoms with Gasteiger partial charge in [0.1, 0.15) is 4.99 Å². The predicted octanol–water partition coefficient (Wildman–Crippen LogP) is 2.61. The highest BCUT2D eigenvalue weighted by Crippen LogP contribution is 2.30. The van der Waals surface area contributed by atoms with Gasteiger partial charge in [0.2, 0.25) is 0 Å². The number of nitrogens with zero attached hydrogens (tertiary/aromatic N) is 2. The molecule has 1 heterocycles. The van der Waals surface area contributed by atoms with Gasteiger partial charge in [-0.1, -0.05) is 18.3 Å². The van der Waals surface area contributed by atoms with E-state index in [1.54, 1.807) is 0 Å². The number of hydrogen-bond donors (Lipinski definition) is 1. The molecule has 2 N–H and O–H groups in total. The van der Waals surface area contributed by atoms with Gasteiger partial charge >= 0.3 is 0 Å². The highest BCUT2D eigenvalue weighted by atomic mass is 79.9. The number of nitrogens with two attached hydrogens (primary N) is 1. The zero-order valence-corrected chi connectivity index (χ0v) is 13.8. The highest BCUT2D eigenvalue weighted by molar-refractivity contribution is 9.10. The van der Waals surface area contributed by atoms with E-state index in [-0.39, 0.29) is 0 Å². The van der Waals surface area contributed by atoms with Crippen LogP contribution in [0.5, 0.6) is 0 Å². The van der Waals surface area contributed by atoms with Crippen molar-refractivity contribution in [1.29, 1.82) is 0 Å². The minimum atomic E-state index is 0.447. The first-order valence-corrected chi connectivity index (χ1v) is 7.70. The van der Waals surface area contributed by atoms with Gasteiger partial charge in [-0.3, -0.25) is 0 Å². The summed E-state index contributed by atoms with van der Waals surface area (Å²) in [6.45, 7) is 2.29. The summed E-state index contributed by atoms with van der Waals surface area (Å²) in [6, 6.07) is 6.67. The van der Waals surface area contributed by atoms with E-state index in [2.05, 4.69) is 45.9 Å². The largest absolute Gasteiger partial charge is 0.389 e. The first kappa shape index (κ1) is 14.8. The average Bonchev–Trinajstić information content (AvgIpc) is 2.38. The molecule has 1 aromatic rings. The van der Waals surface area contributed by atoms with E-state index in [1.807, 2.05) is 12.1 Å². The van der Waals surface area contributed by atoms with Crippen LogP contribution in [0.3, 0.4) is 0 Å². The zero-order chi connectivity index (χ0) is 14.0. The van der Waals surface area contributed by atoms with E-state index in [0.29, 0.717) is 11.0 Å². The summed E-state index contributed by atoms with van der Waals surface area (Å²) in [4.78, 5) is 5.15. The number of benzene rings is 1. The Hall–Kier alpha value is -0.650. The summed E-state index contributed by atoms with van der Waals surface area (Å²) in [5.74, 6) is 0. The quantitative estimate of drug-likeness (QED) is 0.856. The van der Waals surface area contributed by atoms with Crippen LogP contribution in [-0.4, -0.2) is 43.1 Å². The molecule has 0 spiro atoms. The number of thiocarbonyl (C=S) groups is 1. The third kappa shape index (κ3) is 3.27. The monoisotopic (exact) mass is 341 g/mol. The van der Waals surface area contributed by atoms with E-state index < -0.39 is 0 Å². The Balaban J connectivity index is 2.26. The lowest BCUT2D eigenvalue weighted by molar-refractivity contribution is 0.253. The highest BCUT2D eigenvalue weighted by Gasteiger charge is 2.23. The normalized spacial score (nSPS) is 17.4. The van der Waals surface area contributed by atoms with Gasteiger partial charge in [-0.15, -0.1) is 0 Å². The first-order valence-electron chi connectivity index (χ1n) is 6.50. The molecule has 0 aliphatic carbocycles. The Labute approximate surface area is 128 Å². The van der Waals surface area contributed by atoms with E-state index in [9.17, 15) is 0 Å². The van der Waals surface area contributed by atoms with Gasteiger partial charge < -0.3 is 15.5 Å². The van der Waals surface area contributed by atoms with Crippen molar-refractivity contribution < 1.29 is 0 Å². The summed E-state index contributed by atoms with van der Waals surface area (Å²) in [6.07, 6.45) is 2.35. The van der Waals surface area contributed by atoms with Gasteiger partial charge in [0.15, 0.2) is 0 Å². The molecule has 5 heteroatoms. The number of halogens is 1. The summed E-state index contributed by atoms with van der Waals surface area (Å²) >= 11 is 8.74. The molecular weight excluding hydrogens is 322 g/mol. The summed E-state index contributed by atoms with van der Waals surface area (Å²) in [7, 11) is 4.31. The van der Waals surface area contributed by atoms with Crippen molar-refractivity contribution in [2.45, 2.75) is 18.9 Å². The third-order valence-electron chi connectivity index (χ3n) is 3.85. The fraction of sp³-hybridized carbons (Fsp3) is 0.500. The van der Waals surface area contributed by atoms with Gasteiger partial charge in [0.25, 0.3) is 0 Å². The first-order chi connectivity index (χ1) is 9.00. The number of piperidine rings is 1. The molecule has 1 saturated heterocycles. The Morgan fingerprint density at radius 2 is 2.05 bits per heavy atom. The Morgan fingerprint density at radius 1 is 1.42 bits per heavy atom. The fourth-order valence-corrected chi connectivity index (χ4v) is 3.54. The lowest BCUT2D eigenvalue weighted by atomic mass is 10.0. The molecule has 0 atom stereocenters. The second-order valence-electron chi connectivity index (χ2n) is 5.14. The molecule has 0 radical (unpaired) electrons. The lowest BCUT2D eigenvalue weighted by Gasteiger charge is -2.37. The average molecular weight is 342 g/mol. The van der Waals surface area contributed by atoms with Crippen molar-refractivity contribution in [3.05, 3.63) is 28.2 Å². The Bertz CT molecular complexity index is 470. The van der Waals surface area contributed by atoms with Gasteiger partial charge in [0, 0.05) is 28.8 Å². The molecular formula is C14H20BrN3S. The van der Waals surface area contributed by atoms with Crippen LogP contribution < -0.4 is 10.6 Å². The van der Waals surface area contributed by atoms with Crippen LogP contribution in [0.2, 0.25) is 0 Å². The maximum absolute atomic E-state index is 5.87. The summed E-state index contributed by atoms with van der Waals surface area (Å²) in [5, 5.41) is 0. The van der Waals surface area contributed by atoms with Crippen LogP contribution in [-0.2, 0) is 0 Å². The van der Waals surface area contributed by atoms with Crippen LogP contribution >= 0.6 is 28.1 Å². The predicted molar refractivity (Wildman–Crippen MR) is 89.0 cm³/mol. The van der Waals surface area contributed by atoms with Gasteiger partial charge in [-0.2, -0.15) is 0 Å². The van der Waals surface area contributed by atoms with Crippen molar-refractivity contribution in [2.75, 3.05) is 32.1 Å². The van der Waals surface area contributed by atoms with Crippen molar-refractivity contribution >= 4 is 38.8 Å². The number of anilines is 1. The topological polar surface area (TPSA) is 32.5 Å². The number of rotatable bonds is 3. The summed E-state index contributed by atoms with van der Waals surface area (Å²) < 4.78 is 0.970. The molecule has 0 amide bonds. The Kier molecular flexibility index (Phi) is 4.81. The number of hydrogen-bond acceptors (Lipinski definition) is 3. The maximum Gasteiger partial charge on any atom is 0.107 e. The molecule has 0 unspecified atom stereocenters. The van der Waals surface area contributed by atoms with E-state index in [4.69, 9.17) is 18.0 Å². The van der Waals surface area contributed by atoms with E-state index in [0.717, 1.165) is 28.8 Å². The SMILES string of the molecule is CN1CCC(N(C)c2cccc(Br)c2C(N)=S)CC1. The van der Waals surface area contributed by atoms with Crippen LogP contribution in [0, 0.1) is 0 Å². The van der Waals surface area contributed by atoms with Crippen molar-refractivity contribution in [1.82, 2.24) is 4.90 Å². The van der Waals surface area contributed by atoms with Crippen molar-refractivity contribution in [2.24, 2.45) is 5.73 Å². The molecule has 2 rings (SSSR count). The third-order valence-corrected chi connectivity index (χ3v) is 4.72. The molecule has 19 heavy (non-hydrogen) atoms. The molecule has 0 aromatic heterocycles. The molecule has 1 fully saturated rings. The second-order valence-corrected chi connectivity index (χ2v) is 6.44. The molecule has 1 aromatic carbocycles. The van der Waals surface area contributed by atoms with Crippen molar-refractivity contribution in [3.63, 3.8) is 0 Å². The molecule has 0 bridgehead atoms. The molecule has 3 nitrogen and oxygen atoms in total. The standard InChI is InChI=1S/C14H20BrN3S/c1-17-8-6-10(7-9-17)18(2)12-5-3-4-11(15)13(12)14(16)19/h3-5,10H,6-9H2,1-2H3,(H2,16,19). The van der Waals surface area contributed by atoms with E-state index in [1.165, 1.54) is 12.8 Å². The molecule has 1 aliphatic heterocycles. The molecule has 104 valence electrons. The van der Waals surface area contributed by atoms with Crippen molar-refractivity contribution in [3.8, 4) is 0 Å². The number of likely N-dealkylation sites (tertiary alicyclic amines) is 1. The maximum atomic E-state index is 5.87. The minimum Gasteiger partial charge on any atom is -0.389 e. The Morgan fingerprint density at radius 3 is 2.63 bits per heavy atom. The van der Waals surface area contributed by atoms with Gasteiger partial charge in [0.05, 0.1) is 0 Å². The van der Waals surface area contributed by atoms with Crippen LogP contribution in [0.1, 0.15) is 18.4 Å². The lowest BCUT2D eigenvalue weighted by Crippen LogP contribution is -2.42. The molecule has 1 aliphatic rings. The smallest absolute Gasteiger partial charge is 0.107 e. The van der Waals surface area contributed by atoms with E-state index >= 15 is 0 Å².